The highest BCUT2D eigenvalue weighted by molar-refractivity contribution is 9.10. The maximum absolute atomic E-state index is 14.0. The molecule has 33 heavy (non-hydrogen) atoms. The number of aryl methyl sites for hydroxylation is 2. The quantitative estimate of drug-likeness (QED) is 0.435. The van der Waals surface area contributed by atoms with Gasteiger partial charge in [0.1, 0.15) is 11.6 Å². The molecule has 0 aliphatic carbocycles. The Morgan fingerprint density at radius 1 is 1.30 bits per heavy atom. The van der Waals surface area contributed by atoms with Crippen LogP contribution in [0.2, 0.25) is 0 Å². The van der Waals surface area contributed by atoms with Crippen molar-refractivity contribution in [2.24, 2.45) is 7.05 Å². The Bertz CT molecular complexity index is 1150. The van der Waals surface area contributed by atoms with Crippen LogP contribution in [-0.4, -0.2) is 39.0 Å². The summed E-state index contributed by atoms with van der Waals surface area (Å²) in [4.78, 5) is 16.1. The maximum Gasteiger partial charge on any atom is 0.303 e. The third-order valence-electron chi connectivity index (χ3n) is 5.74. The van der Waals surface area contributed by atoms with Crippen LogP contribution in [0.3, 0.4) is 0 Å². The molecular formula is C24H26BrFN4O3. The summed E-state index contributed by atoms with van der Waals surface area (Å²) in [5.41, 5.74) is 3.53. The normalized spacial score (nSPS) is 13.8. The molecule has 0 bridgehead atoms. The SMILES string of the molecule is Cn1nc(CC(CC(=O)O)c2ccc(Br)c(F)c2)cc1OCCc1ccc2c(n1)NCCC2. The summed E-state index contributed by atoms with van der Waals surface area (Å²) in [5, 5.41) is 17.2. The molecule has 0 amide bonds. The second-order valence-electron chi connectivity index (χ2n) is 8.21. The van der Waals surface area contributed by atoms with Gasteiger partial charge in [0, 0.05) is 37.7 Å². The van der Waals surface area contributed by atoms with Crippen molar-refractivity contribution < 1.29 is 19.0 Å². The van der Waals surface area contributed by atoms with Crippen molar-refractivity contribution in [1.29, 1.82) is 0 Å². The summed E-state index contributed by atoms with van der Waals surface area (Å²) in [6.07, 6.45) is 3.09. The Hall–Kier alpha value is -2.94. The summed E-state index contributed by atoms with van der Waals surface area (Å²) in [6.45, 7) is 1.40. The zero-order valence-electron chi connectivity index (χ0n) is 18.4. The van der Waals surface area contributed by atoms with E-state index in [1.54, 1.807) is 23.9 Å². The molecule has 7 nitrogen and oxygen atoms in total. The van der Waals surface area contributed by atoms with E-state index >= 15 is 0 Å². The number of halogens is 2. The summed E-state index contributed by atoms with van der Waals surface area (Å²) >= 11 is 3.14. The van der Waals surface area contributed by atoms with Gasteiger partial charge in [-0.1, -0.05) is 12.1 Å². The van der Waals surface area contributed by atoms with Crippen LogP contribution in [0.15, 0.2) is 40.9 Å². The van der Waals surface area contributed by atoms with Crippen molar-refractivity contribution in [3.05, 3.63) is 69.2 Å². The van der Waals surface area contributed by atoms with Gasteiger partial charge >= 0.3 is 5.97 Å². The van der Waals surface area contributed by atoms with Crippen molar-refractivity contribution >= 4 is 27.7 Å². The van der Waals surface area contributed by atoms with E-state index in [0.717, 1.165) is 30.9 Å². The van der Waals surface area contributed by atoms with Crippen LogP contribution < -0.4 is 10.1 Å². The van der Waals surface area contributed by atoms with Crippen molar-refractivity contribution in [1.82, 2.24) is 14.8 Å². The number of pyridine rings is 1. The van der Waals surface area contributed by atoms with Crippen molar-refractivity contribution in [3.8, 4) is 5.88 Å². The molecule has 0 saturated heterocycles. The molecule has 0 radical (unpaired) electrons. The zero-order chi connectivity index (χ0) is 23.4. The smallest absolute Gasteiger partial charge is 0.303 e. The minimum atomic E-state index is -0.942. The monoisotopic (exact) mass is 516 g/mol. The van der Waals surface area contributed by atoms with Crippen LogP contribution in [0, 0.1) is 5.82 Å². The second kappa shape index (κ2) is 10.3. The number of benzene rings is 1. The lowest BCUT2D eigenvalue weighted by Gasteiger charge is -2.17. The van der Waals surface area contributed by atoms with E-state index < -0.39 is 17.7 Å². The summed E-state index contributed by atoms with van der Waals surface area (Å²) < 4.78 is 21.9. The molecule has 1 aromatic carbocycles. The summed E-state index contributed by atoms with van der Waals surface area (Å²) in [7, 11) is 1.78. The molecule has 0 saturated carbocycles. The van der Waals surface area contributed by atoms with E-state index in [4.69, 9.17) is 4.74 Å². The molecule has 1 aliphatic heterocycles. The molecule has 0 spiro atoms. The highest BCUT2D eigenvalue weighted by Crippen LogP contribution is 2.28. The van der Waals surface area contributed by atoms with Gasteiger partial charge in [-0.3, -0.25) is 4.79 Å². The first-order valence-electron chi connectivity index (χ1n) is 10.9. The van der Waals surface area contributed by atoms with Gasteiger partial charge in [-0.25, -0.2) is 14.1 Å². The molecule has 4 rings (SSSR count). The van der Waals surface area contributed by atoms with Gasteiger partial charge < -0.3 is 15.2 Å². The molecule has 0 fully saturated rings. The largest absolute Gasteiger partial charge is 0.481 e. The predicted octanol–water partition coefficient (Wildman–Crippen LogP) is 4.50. The molecule has 1 unspecified atom stereocenters. The van der Waals surface area contributed by atoms with E-state index in [9.17, 15) is 14.3 Å². The van der Waals surface area contributed by atoms with Gasteiger partial charge in [0.05, 0.1) is 23.2 Å². The Morgan fingerprint density at radius 2 is 2.15 bits per heavy atom. The topological polar surface area (TPSA) is 89.3 Å². The third kappa shape index (κ3) is 5.90. The lowest BCUT2D eigenvalue weighted by atomic mass is 9.91. The Balaban J connectivity index is 1.40. The minimum absolute atomic E-state index is 0.119. The van der Waals surface area contributed by atoms with E-state index in [1.807, 2.05) is 12.1 Å². The number of anilines is 1. The summed E-state index contributed by atoms with van der Waals surface area (Å²) in [5.74, 6) is -0.200. The van der Waals surface area contributed by atoms with E-state index in [2.05, 4.69) is 37.4 Å². The number of carboxylic acids is 1. The van der Waals surface area contributed by atoms with Crippen LogP contribution in [0.5, 0.6) is 5.88 Å². The number of aromatic nitrogens is 3. The van der Waals surface area contributed by atoms with Gasteiger partial charge in [0.2, 0.25) is 5.88 Å². The zero-order valence-corrected chi connectivity index (χ0v) is 19.9. The van der Waals surface area contributed by atoms with E-state index in [1.165, 1.54) is 11.6 Å². The van der Waals surface area contributed by atoms with Crippen LogP contribution in [-0.2, 0) is 31.1 Å². The van der Waals surface area contributed by atoms with Crippen LogP contribution >= 0.6 is 15.9 Å². The van der Waals surface area contributed by atoms with Gasteiger partial charge in [-0.2, -0.15) is 5.10 Å². The molecule has 2 aromatic heterocycles. The Labute approximate surface area is 200 Å². The predicted molar refractivity (Wildman–Crippen MR) is 126 cm³/mol. The number of hydrogen-bond donors (Lipinski definition) is 2. The first kappa shape index (κ1) is 23.2. The number of nitrogens with zero attached hydrogens (tertiary/aromatic N) is 3. The first-order valence-corrected chi connectivity index (χ1v) is 11.7. The molecule has 3 aromatic rings. The number of carboxylic acid groups (broad SMARTS) is 1. The Kier molecular flexibility index (Phi) is 7.27. The number of carbonyl (C=O) groups is 1. The average Bonchev–Trinajstić information content (AvgIpc) is 3.13. The van der Waals surface area contributed by atoms with Gasteiger partial charge in [-0.15, -0.1) is 0 Å². The van der Waals surface area contributed by atoms with Crippen LogP contribution in [0.1, 0.15) is 41.3 Å². The number of nitrogens with one attached hydrogen (secondary N) is 1. The molecule has 1 aliphatic rings. The molecule has 1 atom stereocenters. The molecular weight excluding hydrogens is 491 g/mol. The fraction of sp³-hybridized carbons (Fsp3) is 0.375. The van der Waals surface area contributed by atoms with Gasteiger partial charge in [0.15, 0.2) is 0 Å². The average molecular weight is 517 g/mol. The summed E-state index contributed by atoms with van der Waals surface area (Å²) in [6, 6.07) is 10.7. The van der Waals surface area contributed by atoms with E-state index in [-0.39, 0.29) is 6.42 Å². The number of hydrogen-bond acceptors (Lipinski definition) is 5. The minimum Gasteiger partial charge on any atom is -0.481 e. The van der Waals surface area contributed by atoms with Crippen LogP contribution in [0.25, 0.3) is 0 Å². The lowest BCUT2D eigenvalue weighted by Crippen LogP contribution is -2.14. The highest BCUT2D eigenvalue weighted by Gasteiger charge is 2.20. The third-order valence-corrected chi connectivity index (χ3v) is 6.38. The van der Waals surface area contributed by atoms with Crippen molar-refractivity contribution in [2.75, 3.05) is 18.5 Å². The van der Waals surface area contributed by atoms with Crippen molar-refractivity contribution in [3.63, 3.8) is 0 Å². The Morgan fingerprint density at radius 3 is 2.94 bits per heavy atom. The standard InChI is InChI=1S/C24H26BrFN4O3/c1-30-22(33-10-8-18-6-4-15-3-2-9-27-24(15)28-18)14-19(29-30)11-17(13-23(31)32)16-5-7-20(25)21(26)12-16/h4-7,12,14,17H,2-3,8-11,13H2,1H3,(H,27,28)(H,31,32). The van der Waals surface area contributed by atoms with Crippen LogP contribution in [0.4, 0.5) is 10.2 Å². The van der Waals surface area contributed by atoms with Gasteiger partial charge in [0.25, 0.3) is 0 Å². The number of aliphatic carboxylic acids is 1. The fourth-order valence-electron chi connectivity index (χ4n) is 4.05. The molecule has 3 heterocycles. The van der Waals surface area contributed by atoms with Gasteiger partial charge in [-0.05, 0) is 64.5 Å². The number of fused-ring (bicyclic) bond motifs is 1. The lowest BCUT2D eigenvalue weighted by molar-refractivity contribution is -0.137. The first-order chi connectivity index (χ1) is 15.9. The fourth-order valence-corrected chi connectivity index (χ4v) is 4.29. The highest BCUT2D eigenvalue weighted by atomic mass is 79.9. The number of ether oxygens (including phenoxy) is 1. The number of rotatable bonds is 9. The molecule has 2 N–H and O–H groups in total. The van der Waals surface area contributed by atoms with Crippen molar-refractivity contribution in [2.45, 2.75) is 38.0 Å². The maximum atomic E-state index is 14.0. The molecule has 9 heteroatoms. The van der Waals surface area contributed by atoms with E-state index in [0.29, 0.717) is 41.1 Å². The second-order valence-corrected chi connectivity index (χ2v) is 9.06. The molecule has 174 valence electrons.